The third-order valence-electron chi connectivity index (χ3n) is 4.15. The normalized spacial score (nSPS) is 13.6. The van der Waals surface area contributed by atoms with Gasteiger partial charge in [-0.05, 0) is 18.1 Å². The minimum Gasteiger partial charge on any atom is -0.480 e. The van der Waals surface area contributed by atoms with E-state index in [0.29, 0.717) is 0 Å². The highest BCUT2D eigenvalue weighted by Gasteiger charge is 2.29. The number of aliphatic hydroxyl groups is 1. The minimum atomic E-state index is -1.50. The number of carbonyl (C=O) groups is 3. The van der Waals surface area contributed by atoms with Gasteiger partial charge >= 0.3 is 12.1 Å². The van der Waals surface area contributed by atoms with Crippen molar-refractivity contribution in [3.8, 4) is 0 Å². The van der Waals surface area contributed by atoms with Gasteiger partial charge in [-0.3, -0.25) is 4.79 Å². The standard InChI is InChI=1S/C21H24N2O6/c1-14(24)18(20(26)27)23-19(25)17(12-15-8-4-2-5-9-15)22-21(28)29-13-16-10-6-3-7-11-16/h2-11,14,17-18,24H,12-13H2,1H3,(H,22,28)(H,23,25)(H,26,27)/t14-,17+,18+/m1/s1. The van der Waals surface area contributed by atoms with Gasteiger partial charge in [-0.25, -0.2) is 9.59 Å². The zero-order valence-corrected chi connectivity index (χ0v) is 15.9. The first kappa shape index (κ1) is 21.9. The molecule has 0 fully saturated rings. The number of amides is 2. The van der Waals surface area contributed by atoms with Crippen LogP contribution in [0.2, 0.25) is 0 Å². The highest BCUT2D eigenvalue weighted by atomic mass is 16.5. The maximum absolute atomic E-state index is 12.6. The van der Waals surface area contributed by atoms with Crippen molar-refractivity contribution in [3.63, 3.8) is 0 Å². The Balaban J connectivity index is 2.06. The molecule has 4 N–H and O–H groups in total. The number of ether oxygens (including phenoxy) is 1. The van der Waals surface area contributed by atoms with Crippen LogP contribution in [0.3, 0.4) is 0 Å². The monoisotopic (exact) mass is 400 g/mol. The molecule has 3 atom stereocenters. The molecule has 29 heavy (non-hydrogen) atoms. The summed E-state index contributed by atoms with van der Waals surface area (Å²) in [6, 6.07) is 15.4. The van der Waals surface area contributed by atoms with Gasteiger partial charge in [0.1, 0.15) is 12.6 Å². The second-order valence-electron chi connectivity index (χ2n) is 6.51. The molecule has 0 aromatic heterocycles. The molecule has 0 aliphatic rings. The summed E-state index contributed by atoms with van der Waals surface area (Å²) in [6.07, 6.45) is -1.99. The second-order valence-corrected chi connectivity index (χ2v) is 6.51. The van der Waals surface area contributed by atoms with Crippen molar-refractivity contribution in [2.75, 3.05) is 0 Å². The lowest BCUT2D eigenvalue weighted by Crippen LogP contribution is -2.55. The number of carboxylic acids is 1. The highest BCUT2D eigenvalue weighted by Crippen LogP contribution is 2.06. The molecule has 0 unspecified atom stereocenters. The van der Waals surface area contributed by atoms with Crippen molar-refractivity contribution in [1.82, 2.24) is 10.6 Å². The quantitative estimate of drug-likeness (QED) is 0.505. The van der Waals surface area contributed by atoms with E-state index >= 15 is 0 Å². The maximum atomic E-state index is 12.6. The van der Waals surface area contributed by atoms with Crippen molar-refractivity contribution >= 4 is 18.0 Å². The van der Waals surface area contributed by atoms with E-state index in [9.17, 15) is 19.5 Å². The Kier molecular flexibility index (Phi) is 8.17. The van der Waals surface area contributed by atoms with Crippen molar-refractivity contribution in [3.05, 3.63) is 71.8 Å². The average Bonchev–Trinajstić information content (AvgIpc) is 2.71. The fourth-order valence-corrected chi connectivity index (χ4v) is 2.61. The summed E-state index contributed by atoms with van der Waals surface area (Å²) < 4.78 is 5.15. The van der Waals surface area contributed by atoms with Crippen LogP contribution in [0.15, 0.2) is 60.7 Å². The molecular weight excluding hydrogens is 376 g/mol. The van der Waals surface area contributed by atoms with E-state index < -0.39 is 36.2 Å². The molecule has 0 heterocycles. The van der Waals surface area contributed by atoms with E-state index in [4.69, 9.17) is 9.84 Å². The van der Waals surface area contributed by atoms with Gasteiger partial charge in [-0.1, -0.05) is 60.7 Å². The predicted molar refractivity (Wildman–Crippen MR) is 105 cm³/mol. The van der Waals surface area contributed by atoms with Crippen molar-refractivity contribution in [2.45, 2.75) is 38.1 Å². The smallest absolute Gasteiger partial charge is 0.408 e. The molecule has 0 aliphatic carbocycles. The predicted octanol–water partition coefficient (Wildman–Crippen LogP) is 1.47. The van der Waals surface area contributed by atoms with E-state index in [-0.39, 0.29) is 13.0 Å². The molecule has 8 nitrogen and oxygen atoms in total. The molecule has 0 radical (unpaired) electrons. The van der Waals surface area contributed by atoms with Crippen LogP contribution < -0.4 is 10.6 Å². The zero-order valence-electron chi connectivity index (χ0n) is 15.9. The number of nitrogens with one attached hydrogen (secondary N) is 2. The molecule has 2 amide bonds. The van der Waals surface area contributed by atoms with Crippen molar-refractivity contribution < 1.29 is 29.3 Å². The van der Waals surface area contributed by atoms with Crippen LogP contribution >= 0.6 is 0 Å². The summed E-state index contributed by atoms with van der Waals surface area (Å²) in [7, 11) is 0. The van der Waals surface area contributed by atoms with E-state index in [1.807, 2.05) is 24.3 Å². The Morgan fingerprint density at radius 2 is 1.48 bits per heavy atom. The summed E-state index contributed by atoms with van der Waals surface area (Å²) in [6.45, 7) is 1.28. The zero-order chi connectivity index (χ0) is 21.2. The van der Waals surface area contributed by atoms with Gasteiger partial charge in [0, 0.05) is 6.42 Å². The molecule has 0 saturated heterocycles. The van der Waals surface area contributed by atoms with Crippen LogP contribution in [-0.4, -0.2) is 46.4 Å². The van der Waals surface area contributed by atoms with Crippen LogP contribution in [-0.2, 0) is 27.4 Å². The molecule has 2 aromatic rings. The lowest BCUT2D eigenvalue weighted by atomic mass is 10.0. The van der Waals surface area contributed by atoms with E-state index in [0.717, 1.165) is 11.1 Å². The number of carboxylic acid groups (broad SMARTS) is 1. The number of alkyl carbamates (subject to hydrolysis) is 1. The number of benzene rings is 2. The Morgan fingerprint density at radius 1 is 0.931 bits per heavy atom. The third kappa shape index (κ3) is 7.27. The Hall–Kier alpha value is -3.39. The largest absolute Gasteiger partial charge is 0.480 e. The average molecular weight is 400 g/mol. The topological polar surface area (TPSA) is 125 Å². The lowest BCUT2D eigenvalue weighted by molar-refractivity contribution is -0.145. The number of aliphatic hydroxyl groups excluding tert-OH is 1. The Labute approximate surface area is 168 Å². The minimum absolute atomic E-state index is 0.0256. The van der Waals surface area contributed by atoms with Crippen LogP contribution in [0.25, 0.3) is 0 Å². The first-order valence-corrected chi connectivity index (χ1v) is 9.09. The fraction of sp³-hybridized carbons (Fsp3) is 0.286. The summed E-state index contributed by atoms with van der Waals surface area (Å²) in [5, 5.41) is 23.5. The first-order valence-electron chi connectivity index (χ1n) is 9.09. The SMILES string of the molecule is C[C@@H](O)[C@H](NC(=O)[C@H](Cc1ccccc1)NC(=O)OCc1ccccc1)C(=O)O. The van der Waals surface area contributed by atoms with Gasteiger partial charge in [0.05, 0.1) is 6.10 Å². The van der Waals surface area contributed by atoms with Gasteiger partial charge in [0.2, 0.25) is 5.91 Å². The molecule has 0 aliphatic heterocycles. The molecule has 2 rings (SSSR count). The Morgan fingerprint density at radius 3 is 2.00 bits per heavy atom. The van der Waals surface area contributed by atoms with Gasteiger partial charge in [0.15, 0.2) is 6.04 Å². The van der Waals surface area contributed by atoms with Crippen LogP contribution in [0.1, 0.15) is 18.1 Å². The van der Waals surface area contributed by atoms with Crippen LogP contribution in [0, 0.1) is 0 Å². The second kappa shape index (κ2) is 10.8. The molecular formula is C21H24N2O6. The highest BCUT2D eigenvalue weighted by molar-refractivity contribution is 5.89. The van der Waals surface area contributed by atoms with Gasteiger partial charge < -0.3 is 25.6 Å². The maximum Gasteiger partial charge on any atom is 0.408 e. The fourth-order valence-electron chi connectivity index (χ4n) is 2.61. The molecule has 154 valence electrons. The number of carbonyl (C=O) groups excluding carboxylic acids is 2. The summed E-state index contributed by atoms with van der Waals surface area (Å²) in [4.78, 5) is 36.1. The Bertz CT molecular complexity index is 810. The van der Waals surface area contributed by atoms with Crippen LogP contribution in [0.4, 0.5) is 4.79 Å². The van der Waals surface area contributed by atoms with Crippen molar-refractivity contribution in [2.24, 2.45) is 0 Å². The van der Waals surface area contributed by atoms with Gasteiger partial charge in [-0.2, -0.15) is 0 Å². The number of aliphatic carboxylic acids is 1. The van der Waals surface area contributed by atoms with E-state index in [1.54, 1.807) is 36.4 Å². The lowest BCUT2D eigenvalue weighted by Gasteiger charge is -2.22. The molecule has 0 bridgehead atoms. The number of hydrogen-bond acceptors (Lipinski definition) is 5. The molecule has 8 heteroatoms. The van der Waals surface area contributed by atoms with Gasteiger partial charge in [-0.15, -0.1) is 0 Å². The van der Waals surface area contributed by atoms with Crippen LogP contribution in [0.5, 0.6) is 0 Å². The van der Waals surface area contributed by atoms with Gasteiger partial charge in [0.25, 0.3) is 0 Å². The molecule has 0 spiro atoms. The molecule has 2 aromatic carbocycles. The summed E-state index contributed by atoms with van der Waals surface area (Å²) in [5.41, 5.74) is 1.55. The number of hydrogen-bond donors (Lipinski definition) is 4. The molecule has 0 saturated carbocycles. The third-order valence-corrected chi connectivity index (χ3v) is 4.15. The summed E-state index contributed by atoms with van der Waals surface area (Å²) in [5.74, 6) is -2.11. The van der Waals surface area contributed by atoms with E-state index in [2.05, 4.69) is 10.6 Å². The number of rotatable bonds is 9. The van der Waals surface area contributed by atoms with Crippen molar-refractivity contribution in [1.29, 1.82) is 0 Å². The van der Waals surface area contributed by atoms with E-state index in [1.165, 1.54) is 6.92 Å². The first-order chi connectivity index (χ1) is 13.9. The summed E-state index contributed by atoms with van der Waals surface area (Å²) >= 11 is 0.